The molecule has 3 aromatic heterocycles. The number of rotatable bonds is 12. The van der Waals surface area contributed by atoms with Crippen molar-refractivity contribution in [1.82, 2.24) is 30.2 Å². The van der Waals surface area contributed by atoms with Crippen LogP contribution in [-0.4, -0.2) is 63.9 Å². The topological polar surface area (TPSA) is 135 Å². The highest BCUT2D eigenvalue weighted by Crippen LogP contribution is 2.34. The number of hydrogen-bond acceptors (Lipinski definition) is 7. The van der Waals surface area contributed by atoms with Gasteiger partial charge in [-0.25, -0.2) is 14.8 Å². The second-order valence-corrected chi connectivity index (χ2v) is 21.4. The largest absolute Gasteiger partial charge is 0.444 e. The van der Waals surface area contributed by atoms with E-state index in [0.29, 0.717) is 24.4 Å². The molecule has 1 saturated carbocycles. The van der Waals surface area contributed by atoms with Gasteiger partial charge in [0.15, 0.2) is 0 Å². The van der Waals surface area contributed by atoms with Crippen molar-refractivity contribution in [3.8, 4) is 5.69 Å². The van der Waals surface area contributed by atoms with Gasteiger partial charge in [0.2, 0.25) is 0 Å². The lowest BCUT2D eigenvalue weighted by molar-refractivity contribution is 0.0491. The van der Waals surface area contributed by atoms with E-state index < -0.39 is 13.7 Å². The van der Waals surface area contributed by atoms with E-state index in [9.17, 15) is 9.59 Å². The van der Waals surface area contributed by atoms with E-state index in [1.54, 1.807) is 18.7 Å². The fourth-order valence-corrected chi connectivity index (χ4v) is 6.96. The van der Waals surface area contributed by atoms with Crippen LogP contribution in [0.5, 0.6) is 0 Å². The van der Waals surface area contributed by atoms with Crippen LogP contribution in [-0.2, 0) is 16.0 Å². The quantitative estimate of drug-likeness (QED) is 0.0657. The van der Waals surface area contributed by atoms with Gasteiger partial charge in [-0.3, -0.25) is 4.79 Å². The molecule has 0 radical (unpaired) electrons. The van der Waals surface area contributed by atoms with E-state index >= 15 is 0 Å². The van der Waals surface area contributed by atoms with Crippen LogP contribution < -0.4 is 16.0 Å². The Labute approximate surface area is 297 Å². The minimum atomic E-state index is -1.22. The molecule has 1 atom stereocenters. The number of carbonyl (C=O) groups is 2. The fourth-order valence-electron chi connectivity index (χ4n) is 5.64. The van der Waals surface area contributed by atoms with Crippen LogP contribution in [0, 0.1) is 0 Å². The summed E-state index contributed by atoms with van der Waals surface area (Å²) < 4.78 is 13.4. The van der Waals surface area contributed by atoms with Crippen LogP contribution >= 0.6 is 22.6 Å². The van der Waals surface area contributed by atoms with Crippen molar-refractivity contribution in [2.75, 3.05) is 11.9 Å². The van der Waals surface area contributed by atoms with Crippen molar-refractivity contribution in [1.29, 1.82) is 0 Å². The van der Waals surface area contributed by atoms with E-state index in [-0.39, 0.29) is 28.2 Å². The molecule has 2 amide bonds. The van der Waals surface area contributed by atoms with Gasteiger partial charge in [0.25, 0.3) is 5.91 Å². The lowest BCUT2D eigenvalue weighted by Crippen LogP contribution is -2.42. The SMILES string of the molecule is CC(C)(C)OC(=O)NC1CCC(Nc2c(C(=O)NCc3ccc(-n4ccnc4)cc3)cnc3[nH]c(C(I)OCC[Si](C)(C)C)cc23)CC1. The Balaban J connectivity index is 1.31. The number of amides is 2. The smallest absolute Gasteiger partial charge is 0.407 e. The number of ether oxygens (including phenoxy) is 2. The number of nitrogens with zero attached hydrogens (tertiary/aromatic N) is 3. The van der Waals surface area contributed by atoms with Crippen LogP contribution in [0.4, 0.5) is 10.5 Å². The minimum absolute atomic E-state index is 0.0465. The number of pyridine rings is 1. The van der Waals surface area contributed by atoms with Gasteiger partial charge in [0.05, 0.1) is 23.3 Å². The predicted octanol–water partition coefficient (Wildman–Crippen LogP) is 7.71. The number of imidazole rings is 1. The first kappa shape index (κ1) is 35.9. The summed E-state index contributed by atoms with van der Waals surface area (Å²) in [5, 5.41) is 10.7. The van der Waals surface area contributed by atoms with E-state index in [4.69, 9.17) is 9.47 Å². The van der Waals surface area contributed by atoms with Crippen LogP contribution in [0.3, 0.4) is 0 Å². The van der Waals surface area contributed by atoms with Crippen molar-refractivity contribution in [2.45, 2.75) is 100 Å². The van der Waals surface area contributed by atoms with Gasteiger partial charge in [0.1, 0.15) is 15.4 Å². The Morgan fingerprint density at radius 2 is 1.81 bits per heavy atom. The number of nitrogens with one attached hydrogen (secondary N) is 4. The average molecular weight is 786 g/mol. The Bertz CT molecular complexity index is 1670. The molecule has 258 valence electrons. The summed E-state index contributed by atoms with van der Waals surface area (Å²) in [4.78, 5) is 38.3. The lowest BCUT2D eigenvalue weighted by atomic mass is 9.90. The van der Waals surface area contributed by atoms with Crippen LogP contribution in [0.2, 0.25) is 25.7 Å². The summed E-state index contributed by atoms with van der Waals surface area (Å²) in [6.45, 7) is 13.7. The predicted molar refractivity (Wildman–Crippen MR) is 201 cm³/mol. The molecule has 1 aliphatic carbocycles. The average Bonchev–Trinajstić information content (AvgIpc) is 3.71. The first-order valence-electron chi connectivity index (χ1n) is 16.6. The molecule has 0 bridgehead atoms. The number of hydrogen-bond donors (Lipinski definition) is 4. The summed E-state index contributed by atoms with van der Waals surface area (Å²) in [6.07, 6.45) is 9.93. The summed E-state index contributed by atoms with van der Waals surface area (Å²) in [7, 11) is -1.22. The van der Waals surface area contributed by atoms with Gasteiger partial charge in [-0.15, -0.1) is 0 Å². The highest BCUT2D eigenvalue weighted by atomic mass is 127. The molecule has 1 unspecified atom stereocenters. The normalized spacial score (nSPS) is 17.6. The van der Waals surface area contributed by atoms with Gasteiger partial charge < -0.3 is 35.0 Å². The number of aromatic amines is 1. The molecule has 48 heavy (non-hydrogen) atoms. The summed E-state index contributed by atoms with van der Waals surface area (Å²) in [5.41, 5.74) is 4.31. The third-order valence-electron chi connectivity index (χ3n) is 8.27. The van der Waals surface area contributed by atoms with Gasteiger partial charge in [-0.1, -0.05) is 31.8 Å². The molecule has 5 rings (SSSR count). The van der Waals surface area contributed by atoms with Crippen molar-refractivity contribution < 1.29 is 19.1 Å². The van der Waals surface area contributed by atoms with Crippen molar-refractivity contribution in [3.05, 3.63) is 72.1 Å². The molecular formula is C35H48IN7O4Si. The standard InChI is InChI=1S/C35H48IN7O4Si/c1-35(2,3)47-34(45)41-25-11-9-24(10-12-25)40-30-27-19-29(31(36)46-17-18-48(4,5)6)42-32(27)38-21-28(30)33(44)39-20-23-7-13-26(14-8-23)43-16-15-37-22-43/h7-8,13-16,19,21-22,24-25,31H,9-12,17-18,20H2,1-6H3,(H,39,44)(H,41,45)(H2,38,40,42). The van der Waals surface area contributed by atoms with Gasteiger partial charge in [-0.2, -0.15) is 0 Å². The van der Waals surface area contributed by atoms with Crippen molar-refractivity contribution in [2.24, 2.45) is 0 Å². The Kier molecular flexibility index (Phi) is 11.5. The highest BCUT2D eigenvalue weighted by Gasteiger charge is 2.27. The van der Waals surface area contributed by atoms with Crippen LogP contribution in [0.15, 0.2) is 55.2 Å². The van der Waals surface area contributed by atoms with E-state index in [0.717, 1.165) is 59.7 Å². The van der Waals surface area contributed by atoms with Gasteiger partial charge in [-0.05, 0) is 98.9 Å². The number of fused-ring (bicyclic) bond motifs is 1. The molecule has 4 N–H and O–H groups in total. The number of alkyl halides is 1. The second-order valence-electron chi connectivity index (χ2n) is 14.7. The molecule has 1 aromatic carbocycles. The fraction of sp³-hybridized carbons (Fsp3) is 0.486. The first-order chi connectivity index (χ1) is 22.7. The summed E-state index contributed by atoms with van der Waals surface area (Å²) in [6, 6.07) is 11.3. The zero-order valence-electron chi connectivity index (χ0n) is 28.7. The zero-order valence-corrected chi connectivity index (χ0v) is 31.9. The molecule has 13 heteroatoms. The Hall–Kier alpha value is -3.43. The molecule has 0 spiro atoms. The third kappa shape index (κ3) is 10.0. The van der Waals surface area contributed by atoms with Crippen molar-refractivity contribution >= 4 is 59.4 Å². The van der Waals surface area contributed by atoms with Gasteiger partial charge >= 0.3 is 6.09 Å². The maximum atomic E-state index is 13.7. The molecule has 0 aliphatic heterocycles. The lowest BCUT2D eigenvalue weighted by Gasteiger charge is -2.31. The summed E-state index contributed by atoms with van der Waals surface area (Å²) in [5.74, 6) is -0.203. The third-order valence-corrected chi connectivity index (χ3v) is 11.0. The van der Waals surface area contributed by atoms with E-state index in [1.807, 2.05) is 55.8 Å². The zero-order chi connectivity index (χ0) is 34.5. The van der Waals surface area contributed by atoms with Gasteiger partial charge in [0, 0.05) is 63.0 Å². The van der Waals surface area contributed by atoms with E-state index in [1.165, 1.54) is 0 Å². The monoisotopic (exact) mass is 785 g/mol. The molecule has 0 saturated heterocycles. The number of benzene rings is 1. The number of aromatic nitrogens is 4. The first-order valence-corrected chi connectivity index (χ1v) is 21.6. The molecule has 11 nitrogen and oxygen atoms in total. The molecular weight excluding hydrogens is 737 g/mol. The maximum Gasteiger partial charge on any atom is 0.407 e. The molecule has 1 fully saturated rings. The molecule has 4 aromatic rings. The molecule has 3 heterocycles. The van der Waals surface area contributed by atoms with E-state index in [2.05, 4.69) is 79.2 Å². The Morgan fingerprint density at radius 3 is 2.46 bits per heavy atom. The van der Waals surface area contributed by atoms with Crippen LogP contribution in [0.25, 0.3) is 16.7 Å². The number of alkyl carbamates (subject to hydrolysis) is 1. The number of halogens is 1. The Morgan fingerprint density at radius 1 is 1.10 bits per heavy atom. The minimum Gasteiger partial charge on any atom is -0.444 e. The number of carbonyl (C=O) groups excluding carboxylic acids is 2. The van der Waals surface area contributed by atoms with Crippen molar-refractivity contribution in [3.63, 3.8) is 0 Å². The second kappa shape index (κ2) is 15.4. The van der Waals surface area contributed by atoms with Crippen LogP contribution in [0.1, 0.15) is 72.2 Å². The number of anilines is 1. The summed E-state index contributed by atoms with van der Waals surface area (Å²) >= 11 is 2.31. The molecule has 1 aliphatic rings. The highest BCUT2D eigenvalue weighted by molar-refractivity contribution is 14.1. The number of H-pyrrole nitrogens is 1. The maximum absolute atomic E-state index is 13.7.